The second-order valence-electron chi connectivity index (χ2n) is 10.8. The molecule has 0 aliphatic rings. The monoisotopic (exact) mass is 604 g/mol. The van der Waals surface area contributed by atoms with Gasteiger partial charge in [0.15, 0.2) is 0 Å². The van der Waals surface area contributed by atoms with Gasteiger partial charge in [-0.3, -0.25) is 4.79 Å². The summed E-state index contributed by atoms with van der Waals surface area (Å²) >= 11 is 12.8. The van der Waals surface area contributed by atoms with E-state index in [9.17, 15) is 4.79 Å². The number of rotatable bonds is 10. The van der Waals surface area contributed by atoms with Gasteiger partial charge in [0.2, 0.25) is 0 Å². The van der Waals surface area contributed by atoms with Crippen LogP contribution >= 0.6 is 23.2 Å². The number of hydrogen-bond acceptors (Lipinski definition) is 1. The molecular formula is C31H39BrCl2N2O. The summed E-state index contributed by atoms with van der Waals surface area (Å²) in [4.78, 5) is 15.5. The lowest BCUT2D eigenvalue weighted by atomic mass is 10.1. The summed E-state index contributed by atoms with van der Waals surface area (Å²) in [5.74, 6) is -0.117. The number of amides is 1. The molecule has 6 heteroatoms. The largest absolute Gasteiger partial charge is 1.00 e. The average molecular weight is 606 g/mol. The highest BCUT2D eigenvalue weighted by Gasteiger charge is 2.22. The summed E-state index contributed by atoms with van der Waals surface area (Å²) in [6.07, 6.45) is 1.93. The van der Waals surface area contributed by atoms with E-state index >= 15 is 0 Å². The summed E-state index contributed by atoms with van der Waals surface area (Å²) in [6, 6.07) is 18.4. The number of carbonyl (C=O) groups is 1. The van der Waals surface area contributed by atoms with E-state index in [0.29, 0.717) is 28.7 Å². The van der Waals surface area contributed by atoms with E-state index in [1.165, 1.54) is 27.8 Å². The zero-order chi connectivity index (χ0) is 26.5. The van der Waals surface area contributed by atoms with Crippen LogP contribution in [0.25, 0.3) is 0 Å². The Morgan fingerprint density at radius 1 is 0.784 bits per heavy atom. The van der Waals surface area contributed by atoms with E-state index in [1.807, 2.05) is 4.90 Å². The van der Waals surface area contributed by atoms with E-state index in [-0.39, 0.29) is 22.9 Å². The van der Waals surface area contributed by atoms with Crippen molar-refractivity contribution in [3.8, 4) is 0 Å². The van der Waals surface area contributed by atoms with Gasteiger partial charge in [0.05, 0.1) is 36.2 Å². The molecule has 200 valence electrons. The fraction of sp³-hybridized carbons (Fsp3) is 0.387. The molecule has 0 atom stereocenters. The molecule has 37 heavy (non-hydrogen) atoms. The first-order chi connectivity index (χ1) is 16.9. The van der Waals surface area contributed by atoms with Crippen LogP contribution in [0, 0.1) is 27.7 Å². The summed E-state index contributed by atoms with van der Waals surface area (Å²) in [5, 5.41) is 0.786. The second-order valence-corrected chi connectivity index (χ2v) is 11.7. The van der Waals surface area contributed by atoms with Gasteiger partial charge in [0.25, 0.3) is 5.91 Å². The number of unbranched alkanes of at least 4 members (excludes halogenated alkanes) is 1. The van der Waals surface area contributed by atoms with Crippen LogP contribution in [0.2, 0.25) is 10.0 Å². The molecule has 3 nitrogen and oxygen atoms in total. The van der Waals surface area contributed by atoms with Crippen LogP contribution in [0.4, 0.5) is 0 Å². The van der Waals surface area contributed by atoms with Crippen LogP contribution in [0.3, 0.4) is 0 Å². The lowest BCUT2D eigenvalue weighted by Crippen LogP contribution is -3.00. The first-order valence-electron chi connectivity index (χ1n) is 12.6. The predicted octanol–water partition coefficient (Wildman–Crippen LogP) is 4.93. The minimum Gasteiger partial charge on any atom is -1.00 e. The maximum Gasteiger partial charge on any atom is 0.257 e. The van der Waals surface area contributed by atoms with Crippen LogP contribution in [0.1, 0.15) is 56.6 Å². The zero-order valence-corrected chi connectivity index (χ0v) is 26.0. The van der Waals surface area contributed by atoms with Gasteiger partial charge >= 0.3 is 0 Å². The molecule has 0 aliphatic heterocycles. The standard InChI is InChI=1S/C31H39Cl2N2O.BrH/c1-22-14-23(2)17-26(16-22)20-34(31(36)30-28(32)10-9-11-29(30)33)12-7-8-13-35(5,6)21-27-18-24(3)15-25(4)19-27;/h9-11,14-19H,7-8,12-13,20-21H2,1-6H3;1H/q+1;/p-1. The molecule has 1 amide bonds. The molecule has 3 aromatic rings. The number of quaternary nitrogens is 1. The number of benzene rings is 3. The maximum absolute atomic E-state index is 13.6. The molecule has 0 N–H and O–H groups in total. The van der Waals surface area contributed by atoms with E-state index in [1.54, 1.807) is 18.2 Å². The van der Waals surface area contributed by atoms with Gasteiger partial charge < -0.3 is 26.4 Å². The molecule has 0 unspecified atom stereocenters. The van der Waals surface area contributed by atoms with Crippen molar-refractivity contribution in [2.45, 2.75) is 53.6 Å². The number of hydrogen-bond donors (Lipinski definition) is 0. The van der Waals surface area contributed by atoms with Gasteiger partial charge in [-0.25, -0.2) is 0 Å². The first kappa shape index (κ1) is 31.4. The Kier molecular flexibility index (Phi) is 11.7. The van der Waals surface area contributed by atoms with E-state index in [4.69, 9.17) is 23.2 Å². The Morgan fingerprint density at radius 2 is 1.27 bits per heavy atom. The first-order valence-corrected chi connectivity index (χ1v) is 13.4. The third-order valence-corrected chi connectivity index (χ3v) is 7.08. The molecule has 0 aromatic heterocycles. The smallest absolute Gasteiger partial charge is 0.257 e. The molecular weight excluding hydrogens is 567 g/mol. The Hall–Kier alpha value is -1.85. The number of halogens is 3. The van der Waals surface area contributed by atoms with Crippen molar-refractivity contribution in [2.75, 3.05) is 27.2 Å². The van der Waals surface area contributed by atoms with Crippen LogP contribution in [0.5, 0.6) is 0 Å². The fourth-order valence-corrected chi connectivity index (χ4v) is 5.63. The Balaban J connectivity index is 0.00000481. The topological polar surface area (TPSA) is 20.3 Å². The summed E-state index contributed by atoms with van der Waals surface area (Å²) in [7, 11) is 4.55. The third kappa shape index (κ3) is 9.44. The molecule has 0 heterocycles. The maximum atomic E-state index is 13.6. The molecule has 0 bridgehead atoms. The quantitative estimate of drug-likeness (QED) is 0.237. The highest BCUT2D eigenvalue weighted by molar-refractivity contribution is 6.39. The Morgan fingerprint density at radius 3 is 1.78 bits per heavy atom. The van der Waals surface area contributed by atoms with Crippen molar-refractivity contribution in [1.29, 1.82) is 0 Å². The van der Waals surface area contributed by atoms with E-state index < -0.39 is 0 Å². The van der Waals surface area contributed by atoms with Gasteiger partial charge in [-0.15, -0.1) is 0 Å². The molecule has 3 rings (SSSR count). The molecule has 0 saturated heterocycles. The van der Waals surface area contributed by atoms with Crippen molar-refractivity contribution in [2.24, 2.45) is 0 Å². The van der Waals surface area contributed by atoms with Crippen LogP contribution in [-0.4, -0.2) is 42.5 Å². The Labute approximate surface area is 243 Å². The number of carbonyl (C=O) groups excluding carboxylic acids is 1. The normalized spacial score (nSPS) is 11.2. The van der Waals surface area contributed by atoms with Crippen LogP contribution in [0.15, 0.2) is 54.6 Å². The molecule has 3 aromatic carbocycles. The van der Waals surface area contributed by atoms with Crippen molar-refractivity contribution < 1.29 is 26.3 Å². The van der Waals surface area contributed by atoms with Gasteiger partial charge in [0.1, 0.15) is 6.54 Å². The number of nitrogens with zero attached hydrogens (tertiary/aromatic N) is 2. The lowest BCUT2D eigenvalue weighted by molar-refractivity contribution is -0.903. The molecule has 0 aliphatic carbocycles. The van der Waals surface area contributed by atoms with Crippen molar-refractivity contribution in [3.63, 3.8) is 0 Å². The SMILES string of the molecule is Cc1cc(C)cc(CN(CCCC[N+](C)(C)Cc2cc(C)cc(C)c2)C(=O)c2c(Cl)cccc2Cl)c1.[Br-]. The average Bonchev–Trinajstić information content (AvgIpc) is 2.73. The number of aryl methyl sites for hydroxylation is 4. The van der Waals surface area contributed by atoms with Crippen LogP contribution < -0.4 is 17.0 Å². The van der Waals surface area contributed by atoms with Crippen molar-refractivity contribution in [1.82, 2.24) is 4.90 Å². The van der Waals surface area contributed by atoms with E-state index in [2.05, 4.69) is 78.2 Å². The minimum absolute atomic E-state index is 0. The van der Waals surface area contributed by atoms with Gasteiger partial charge in [-0.05, 0) is 58.2 Å². The molecule has 0 spiro atoms. The highest BCUT2D eigenvalue weighted by atomic mass is 79.9. The van der Waals surface area contributed by atoms with Gasteiger partial charge in [0, 0.05) is 18.7 Å². The predicted molar refractivity (Wildman–Crippen MR) is 153 cm³/mol. The Bertz CT molecular complexity index is 1170. The molecule has 0 saturated carbocycles. The van der Waals surface area contributed by atoms with Crippen LogP contribution in [-0.2, 0) is 13.1 Å². The van der Waals surface area contributed by atoms with Gasteiger partial charge in [-0.1, -0.05) is 87.9 Å². The zero-order valence-electron chi connectivity index (χ0n) is 22.9. The van der Waals surface area contributed by atoms with E-state index in [0.717, 1.165) is 36.0 Å². The fourth-order valence-electron chi connectivity index (χ4n) is 5.07. The minimum atomic E-state index is -0.117. The lowest BCUT2D eigenvalue weighted by Gasteiger charge is -2.31. The van der Waals surface area contributed by atoms with Crippen molar-refractivity contribution >= 4 is 29.1 Å². The second kappa shape index (κ2) is 13.8. The summed E-state index contributed by atoms with van der Waals surface area (Å²) in [5.41, 5.74) is 7.88. The third-order valence-electron chi connectivity index (χ3n) is 6.45. The van der Waals surface area contributed by atoms with Gasteiger partial charge in [-0.2, -0.15) is 0 Å². The summed E-state index contributed by atoms with van der Waals surface area (Å²) in [6.45, 7) is 11.7. The highest BCUT2D eigenvalue weighted by Crippen LogP contribution is 2.27. The molecule has 0 radical (unpaired) electrons. The molecule has 0 fully saturated rings. The van der Waals surface area contributed by atoms with Crippen molar-refractivity contribution in [3.05, 3.63) is 104 Å². The summed E-state index contributed by atoms with van der Waals surface area (Å²) < 4.78 is 0.907.